The smallest absolute Gasteiger partial charge is 0.231 e. The van der Waals surface area contributed by atoms with Crippen molar-refractivity contribution in [3.05, 3.63) is 58.5 Å². The highest BCUT2D eigenvalue weighted by atomic mass is 32.1. The molecule has 0 radical (unpaired) electrons. The number of rotatable bonds is 6. The van der Waals surface area contributed by atoms with Gasteiger partial charge in [-0.2, -0.15) is 4.98 Å². The molecule has 124 valence electrons. The molecule has 0 spiro atoms. The topological polar surface area (TPSA) is 68.0 Å². The summed E-state index contributed by atoms with van der Waals surface area (Å²) in [5, 5.41) is 6.80. The van der Waals surface area contributed by atoms with Crippen LogP contribution in [-0.4, -0.2) is 16.0 Å². The first kappa shape index (κ1) is 16.3. The molecule has 2 heterocycles. The van der Waals surface area contributed by atoms with Crippen LogP contribution >= 0.6 is 11.3 Å². The van der Waals surface area contributed by atoms with Crippen molar-refractivity contribution >= 4 is 17.2 Å². The fraction of sp³-hybridized carbons (Fsp3) is 0.235. The molecular weight excluding hydrogens is 329 g/mol. The normalized spacial score (nSPS) is 10.8. The molecule has 5 nitrogen and oxygen atoms in total. The molecule has 2 aromatic heterocycles. The number of carbonyl (C=O) groups is 1. The zero-order valence-electron chi connectivity index (χ0n) is 13.1. The number of nitrogens with one attached hydrogen (secondary N) is 1. The van der Waals surface area contributed by atoms with Crippen LogP contribution in [0.1, 0.15) is 29.7 Å². The number of hydrogen-bond acceptors (Lipinski definition) is 5. The van der Waals surface area contributed by atoms with Crippen molar-refractivity contribution in [2.75, 3.05) is 0 Å². The minimum atomic E-state index is -0.288. The Morgan fingerprint density at radius 2 is 2.21 bits per heavy atom. The molecule has 0 saturated carbocycles. The van der Waals surface area contributed by atoms with Crippen molar-refractivity contribution in [2.45, 2.75) is 26.3 Å². The maximum Gasteiger partial charge on any atom is 0.231 e. The SMILES string of the molecule is CCC(=O)NCc1ccc(-c2noc(Cc3cccc(F)c3)n2)s1. The zero-order chi connectivity index (χ0) is 16.9. The first-order valence-electron chi connectivity index (χ1n) is 7.57. The molecule has 0 saturated heterocycles. The second-order valence-electron chi connectivity index (χ2n) is 5.21. The van der Waals surface area contributed by atoms with E-state index in [9.17, 15) is 9.18 Å². The standard InChI is InChI=1S/C17H16FN3O2S/c1-2-15(22)19-10-13-6-7-14(24-13)17-20-16(23-21-17)9-11-4-3-5-12(18)8-11/h3-8H,2,9-10H2,1H3,(H,19,22). The van der Waals surface area contributed by atoms with Crippen LogP contribution in [0.3, 0.4) is 0 Å². The van der Waals surface area contributed by atoms with Crippen LogP contribution in [0.5, 0.6) is 0 Å². The molecule has 24 heavy (non-hydrogen) atoms. The monoisotopic (exact) mass is 345 g/mol. The third kappa shape index (κ3) is 4.05. The van der Waals surface area contributed by atoms with Crippen LogP contribution in [0.25, 0.3) is 10.7 Å². The molecule has 1 aromatic carbocycles. The van der Waals surface area contributed by atoms with Crippen LogP contribution < -0.4 is 5.32 Å². The summed E-state index contributed by atoms with van der Waals surface area (Å²) in [5.74, 6) is 0.662. The molecule has 3 aromatic rings. The van der Waals surface area contributed by atoms with Crippen LogP contribution in [-0.2, 0) is 17.8 Å². The van der Waals surface area contributed by atoms with Gasteiger partial charge in [-0.05, 0) is 29.8 Å². The van der Waals surface area contributed by atoms with E-state index in [1.165, 1.54) is 23.5 Å². The number of amides is 1. The number of nitrogens with zero attached hydrogens (tertiary/aromatic N) is 2. The highest BCUT2D eigenvalue weighted by Crippen LogP contribution is 2.26. The number of aromatic nitrogens is 2. The van der Waals surface area contributed by atoms with E-state index in [0.29, 0.717) is 31.1 Å². The Morgan fingerprint density at radius 1 is 1.33 bits per heavy atom. The Bertz CT molecular complexity index is 844. The van der Waals surface area contributed by atoms with E-state index in [2.05, 4.69) is 15.5 Å². The number of halogens is 1. The lowest BCUT2D eigenvalue weighted by Gasteiger charge is -1.99. The van der Waals surface area contributed by atoms with Crippen LogP contribution in [0.15, 0.2) is 40.9 Å². The van der Waals surface area contributed by atoms with Gasteiger partial charge in [0, 0.05) is 11.3 Å². The molecule has 0 atom stereocenters. The van der Waals surface area contributed by atoms with E-state index in [1.807, 2.05) is 25.1 Å². The summed E-state index contributed by atoms with van der Waals surface area (Å²) in [6.45, 7) is 2.31. The third-order valence-electron chi connectivity index (χ3n) is 3.38. The fourth-order valence-electron chi connectivity index (χ4n) is 2.15. The van der Waals surface area contributed by atoms with Crippen molar-refractivity contribution in [1.82, 2.24) is 15.5 Å². The van der Waals surface area contributed by atoms with Crippen molar-refractivity contribution < 1.29 is 13.7 Å². The maximum atomic E-state index is 13.2. The van der Waals surface area contributed by atoms with E-state index >= 15 is 0 Å². The minimum Gasteiger partial charge on any atom is -0.351 e. The van der Waals surface area contributed by atoms with Gasteiger partial charge in [0.15, 0.2) is 0 Å². The number of carbonyl (C=O) groups excluding carboxylic acids is 1. The Kier molecular flexibility index (Phi) is 5.00. The largest absolute Gasteiger partial charge is 0.351 e. The van der Waals surface area contributed by atoms with Crippen LogP contribution in [0.4, 0.5) is 4.39 Å². The van der Waals surface area contributed by atoms with Gasteiger partial charge in [-0.1, -0.05) is 24.2 Å². The summed E-state index contributed by atoms with van der Waals surface area (Å²) >= 11 is 1.50. The van der Waals surface area contributed by atoms with Gasteiger partial charge in [0.05, 0.1) is 17.8 Å². The molecule has 1 amide bonds. The molecule has 0 aliphatic rings. The van der Waals surface area contributed by atoms with Gasteiger partial charge in [-0.3, -0.25) is 4.79 Å². The van der Waals surface area contributed by atoms with E-state index in [4.69, 9.17) is 4.52 Å². The van der Waals surface area contributed by atoms with E-state index in [0.717, 1.165) is 15.3 Å². The average molecular weight is 345 g/mol. The number of thiophene rings is 1. The lowest BCUT2D eigenvalue weighted by molar-refractivity contribution is -0.120. The second kappa shape index (κ2) is 7.35. The molecule has 0 aliphatic carbocycles. The zero-order valence-corrected chi connectivity index (χ0v) is 13.9. The molecule has 0 fully saturated rings. The lowest BCUT2D eigenvalue weighted by atomic mass is 10.1. The van der Waals surface area contributed by atoms with E-state index < -0.39 is 0 Å². The predicted molar refractivity (Wildman–Crippen MR) is 89.0 cm³/mol. The summed E-state index contributed by atoms with van der Waals surface area (Å²) in [6, 6.07) is 10.1. The van der Waals surface area contributed by atoms with Crippen molar-refractivity contribution in [3.63, 3.8) is 0 Å². The molecule has 1 N–H and O–H groups in total. The molecule has 0 unspecified atom stereocenters. The summed E-state index contributed by atoms with van der Waals surface area (Å²) in [5.41, 5.74) is 0.777. The summed E-state index contributed by atoms with van der Waals surface area (Å²) in [4.78, 5) is 17.5. The van der Waals surface area contributed by atoms with Gasteiger partial charge < -0.3 is 9.84 Å². The minimum absolute atomic E-state index is 0.0156. The van der Waals surface area contributed by atoms with E-state index in [-0.39, 0.29) is 11.7 Å². The Morgan fingerprint density at radius 3 is 3.00 bits per heavy atom. The first-order valence-corrected chi connectivity index (χ1v) is 8.38. The average Bonchev–Trinajstić information content (AvgIpc) is 3.21. The van der Waals surface area contributed by atoms with Gasteiger partial charge in [0.25, 0.3) is 0 Å². The van der Waals surface area contributed by atoms with Gasteiger partial charge in [-0.25, -0.2) is 4.39 Å². The Balaban J connectivity index is 1.67. The van der Waals surface area contributed by atoms with E-state index in [1.54, 1.807) is 6.07 Å². The number of hydrogen-bond donors (Lipinski definition) is 1. The predicted octanol–water partition coefficient (Wildman–Crippen LogP) is 3.55. The lowest BCUT2D eigenvalue weighted by Crippen LogP contribution is -2.20. The Labute approximate surface area is 142 Å². The molecular formula is C17H16FN3O2S. The van der Waals surface area contributed by atoms with Gasteiger partial charge in [-0.15, -0.1) is 11.3 Å². The quantitative estimate of drug-likeness (QED) is 0.742. The van der Waals surface area contributed by atoms with Gasteiger partial charge in [0.2, 0.25) is 17.6 Å². The first-order chi connectivity index (χ1) is 11.6. The fourth-order valence-corrected chi connectivity index (χ4v) is 3.03. The summed E-state index contributed by atoms with van der Waals surface area (Å²) in [6.07, 6.45) is 0.849. The summed E-state index contributed by atoms with van der Waals surface area (Å²) in [7, 11) is 0. The van der Waals surface area contributed by atoms with Crippen molar-refractivity contribution in [2.24, 2.45) is 0 Å². The number of benzene rings is 1. The van der Waals surface area contributed by atoms with Crippen molar-refractivity contribution in [3.8, 4) is 10.7 Å². The van der Waals surface area contributed by atoms with Crippen LogP contribution in [0.2, 0.25) is 0 Å². The highest BCUT2D eigenvalue weighted by Gasteiger charge is 2.12. The van der Waals surface area contributed by atoms with Crippen molar-refractivity contribution in [1.29, 1.82) is 0 Å². The third-order valence-corrected chi connectivity index (χ3v) is 4.46. The second-order valence-corrected chi connectivity index (χ2v) is 6.38. The molecule has 3 rings (SSSR count). The molecule has 0 aliphatic heterocycles. The maximum absolute atomic E-state index is 13.2. The highest BCUT2D eigenvalue weighted by molar-refractivity contribution is 7.15. The molecule has 0 bridgehead atoms. The Hall–Kier alpha value is -2.54. The van der Waals surface area contributed by atoms with Crippen LogP contribution in [0, 0.1) is 5.82 Å². The summed E-state index contributed by atoms with van der Waals surface area (Å²) < 4.78 is 18.4. The van der Waals surface area contributed by atoms with Gasteiger partial charge in [0.1, 0.15) is 5.82 Å². The molecule has 7 heteroatoms. The van der Waals surface area contributed by atoms with Gasteiger partial charge >= 0.3 is 0 Å².